The third kappa shape index (κ3) is 3.94. The molecule has 47 heavy (non-hydrogen) atoms. The summed E-state index contributed by atoms with van der Waals surface area (Å²) in [5, 5.41) is 0. The number of hydrogen-bond donors (Lipinski definition) is 0. The van der Waals surface area contributed by atoms with Gasteiger partial charge in [0.2, 0.25) is 0 Å². The first kappa shape index (κ1) is 28.1. The van der Waals surface area contributed by atoms with Crippen molar-refractivity contribution in [2.24, 2.45) is 0 Å². The summed E-state index contributed by atoms with van der Waals surface area (Å²) >= 11 is 0. The summed E-state index contributed by atoms with van der Waals surface area (Å²) in [4.78, 5) is 0. The van der Waals surface area contributed by atoms with Crippen LogP contribution >= 0.6 is 0 Å². The maximum Gasteiger partial charge on any atom is 0.0719 e. The van der Waals surface area contributed by atoms with Gasteiger partial charge in [0.1, 0.15) is 0 Å². The van der Waals surface area contributed by atoms with Gasteiger partial charge in [-0.05, 0) is 97.3 Å². The Bertz CT molecular complexity index is 2210. The zero-order valence-corrected chi connectivity index (χ0v) is 27.3. The third-order valence-electron chi connectivity index (χ3n) is 11.2. The van der Waals surface area contributed by atoms with Gasteiger partial charge in [-0.3, -0.25) is 0 Å². The summed E-state index contributed by atoms with van der Waals surface area (Å²) in [7, 11) is 0. The van der Waals surface area contributed by atoms with Crippen molar-refractivity contribution in [3.63, 3.8) is 0 Å². The molecule has 0 saturated carbocycles. The molecule has 0 bridgehead atoms. The van der Waals surface area contributed by atoms with Gasteiger partial charge in [0.15, 0.2) is 0 Å². The molecule has 6 aromatic carbocycles. The van der Waals surface area contributed by atoms with Crippen LogP contribution < -0.4 is 0 Å². The fraction of sp³-hybridized carbons (Fsp3) is 0.149. The minimum absolute atomic E-state index is 0.0878. The lowest BCUT2D eigenvalue weighted by Gasteiger charge is -2.46. The van der Waals surface area contributed by atoms with Crippen LogP contribution in [0.4, 0.5) is 0 Å². The molecule has 0 aliphatic heterocycles. The van der Waals surface area contributed by atoms with Gasteiger partial charge < -0.3 is 0 Å². The maximum atomic E-state index is 2.46. The normalized spacial score (nSPS) is 17.6. The summed E-state index contributed by atoms with van der Waals surface area (Å²) in [5.74, 6) is 0.420. The molecule has 226 valence electrons. The number of benzene rings is 6. The molecule has 3 aliphatic rings. The predicted molar refractivity (Wildman–Crippen MR) is 197 cm³/mol. The lowest BCUT2D eigenvalue weighted by atomic mass is 9.55. The maximum absolute atomic E-state index is 2.46. The molecule has 0 heterocycles. The van der Waals surface area contributed by atoms with Gasteiger partial charge >= 0.3 is 0 Å². The Morgan fingerprint density at radius 1 is 0.511 bits per heavy atom. The Balaban J connectivity index is 1.21. The number of hydrogen-bond acceptors (Lipinski definition) is 0. The van der Waals surface area contributed by atoms with E-state index >= 15 is 0 Å². The molecule has 1 unspecified atom stereocenters. The van der Waals surface area contributed by atoms with Gasteiger partial charge in [0.05, 0.1) is 5.41 Å². The SMILES string of the molecule is Cc1cccc2c1-c1cc(-c3ccc(-c4ccccc4C4C=CC=CC4)cc3)ccc1C21c2ccccc2C(C)(C)c2ccccc21. The molecule has 0 saturated heterocycles. The van der Waals surface area contributed by atoms with Crippen LogP contribution in [0, 0.1) is 6.92 Å². The molecule has 0 fully saturated rings. The highest BCUT2D eigenvalue weighted by Gasteiger charge is 2.53. The Labute approximate surface area is 278 Å². The number of aryl methyl sites for hydroxylation is 1. The Hall–Kier alpha value is -5.20. The highest BCUT2D eigenvalue weighted by molar-refractivity contribution is 5.92. The van der Waals surface area contributed by atoms with E-state index in [0.29, 0.717) is 5.92 Å². The number of allylic oxidation sites excluding steroid dienone is 4. The molecule has 6 aromatic rings. The van der Waals surface area contributed by atoms with Crippen LogP contribution in [0.25, 0.3) is 33.4 Å². The number of fused-ring (bicyclic) bond motifs is 9. The molecule has 0 amide bonds. The van der Waals surface area contributed by atoms with E-state index in [0.717, 1.165) is 6.42 Å². The van der Waals surface area contributed by atoms with Crippen LogP contribution in [-0.4, -0.2) is 0 Å². The van der Waals surface area contributed by atoms with E-state index < -0.39 is 0 Å². The van der Waals surface area contributed by atoms with Crippen molar-refractivity contribution < 1.29 is 0 Å². The van der Waals surface area contributed by atoms with E-state index in [2.05, 4.69) is 179 Å². The van der Waals surface area contributed by atoms with E-state index in [1.165, 1.54) is 77.9 Å². The molecule has 0 nitrogen and oxygen atoms in total. The van der Waals surface area contributed by atoms with E-state index in [9.17, 15) is 0 Å². The minimum atomic E-state index is -0.353. The van der Waals surface area contributed by atoms with E-state index in [1.54, 1.807) is 0 Å². The number of rotatable bonds is 3. The van der Waals surface area contributed by atoms with E-state index in [1.807, 2.05) is 0 Å². The molecular weight excluding hydrogens is 565 g/mol. The summed E-state index contributed by atoms with van der Waals surface area (Å²) in [6.07, 6.45) is 9.98. The summed E-state index contributed by atoms with van der Waals surface area (Å²) in [6.45, 7) is 7.06. The van der Waals surface area contributed by atoms with Crippen molar-refractivity contribution in [2.45, 2.75) is 43.9 Å². The van der Waals surface area contributed by atoms with E-state index in [4.69, 9.17) is 0 Å². The van der Waals surface area contributed by atoms with Gasteiger partial charge in [-0.2, -0.15) is 0 Å². The molecule has 0 radical (unpaired) electrons. The van der Waals surface area contributed by atoms with Crippen LogP contribution in [0.3, 0.4) is 0 Å². The molecule has 0 heteroatoms. The molecule has 1 spiro atoms. The van der Waals surface area contributed by atoms with Gasteiger partial charge in [-0.15, -0.1) is 0 Å². The Morgan fingerprint density at radius 3 is 1.83 bits per heavy atom. The van der Waals surface area contributed by atoms with Crippen LogP contribution in [0.15, 0.2) is 158 Å². The zero-order valence-electron chi connectivity index (χ0n) is 27.3. The van der Waals surface area contributed by atoms with Crippen molar-refractivity contribution >= 4 is 0 Å². The fourth-order valence-electron chi connectivity index (χ4n) is 9.06. The van der Waals surface area contributed by atoms with Crippen molar-refractivity contribution in [3.8, 4) is 33.4 Å². The third-order valence-corrected chi connectivity index (χ3v) is 11.2. The second-order valence-electron chi connectivity index (χ2n) is 14.0. The Morgan fingerprint density at radius 2 is 1.13 bits per heavy atom. The minimum Gasteiger partial charge on any atom is -0.0836 e. The van der Waals surface area contributed by atoms with Crippen LogP contribution in [0.5, 0.6) is 0 Å². The molecule has 1 atom stereocenters. The Kier molecular flexibility index (Phi) is 6.21. The van der Waals surface area contributed by atoms with Crippen molar-refractivity contribution in [1.82, 2.24) is 0 Å². The summed E-state index contributed by atoms with van der Waals surface area (Å²) in [5.41, 5.74) is 18.6. The molecule has 3 aliphatic carbocycles. The average Bonchev–Trinajstić information content (AvgIpc) is 3.42. The first-order valence-electron chi connectivity index (χ1n) is 17.0. The first-order valence-corrected chi connectivity index (χ1v) is 17.0. The smallest absolute Gasteiger partial charge is 0.0719 e. The molecular formula is C47H38. The second kappa shape index (κ2) is 10.4. The van der Waals surface area contributed by atoms with Crippen molar-refractivity contribution in [1.29, 1.82) is 0 Å². The fourth-order valence-corrected chi connectivity index (χ4v) is 9.06. The van der Waals surface area contributed by atoms with Crippen molar-refractivity contribution in [3.05, 3.63) is 202 Å². The van der Waals surface area contributed by atoms with Gasteiger partial charge in [-0.1, -0.05) is 166 Å². The highest BCUT2D eigenvalue weighted by Crippen LogP contribution is 2.62. The van der Waals surface area contributed by atoms with Crippen LogP contribution in [-0.2, 0) is 10.8 Å². The van der Waals surface area contributed by atoms with Crippen LogP contribution in [0.1, 0.15) is 70.7 Å². The lowest BCUT2D eigenvalue weighted by molar-refractivity contribution is 0.563. The zero-order chi connectivity index (χ0) is 31.8. The molecule has 9 rings (SSSR count). The topological polar surface area (TPSA) is 0 Å². The highest BCUT2D eigenvalue weighted by atomic mass is 14.5. The second-order valence-corrected chi connectivity index (χ2v) is 14.0. The average molecular weight is 603 g/mol. The predicted octanol–water partition coefficient (Wildman–Crippen LogP) is 11.9. The monoisotopic (exact) mass is 602 g/mol. The van der Waals surface area contributed by atoms with Gasteiger partial charge in [-0.25, -0.2) is 0 Å². The van der Waals surface area contributed by atoms with Crippen molar-refractivity contribution in [2.75, 3.05) is 0 Å². The quantitative estimate of drug-likeness (QED) is 0.189. The van der Waals surface area contributed by atoms with Gasteiger partial charge in [0.25, 0.3) is 0 Å². The van der Waals surface area contributed by atoms with Gasteiger partial charge in [0, 0.05) is 11.3 Å². The molecule has 0 N–H and O–H groups in total. The lowest BCUT2D eigenvalue weighted by Crippen LogP contribution is -2.40. The largest absolute Gasteiger partial charge is 0.0836 e. The molecule has 0 aromatic heterocycles. The standard InChI is InChI=1S/C47H38/c1-31-14-13-23-44-45(31)38-30-35(32-24-26-34(27-25-32)37-18-8-7-17-36(37)33-15-5-4-6-16-33)28-29-39(38)47(44)42-21-11-9-19-40(42)46(2,3)41-20-10-12-22-43(41)47/h4-15,17-30,33H,16H2,1-3H3. The van der Waals surface area contributed by atoms with E-state index in [-0.39, 0.29) is 10.8 Å². The van der Waals surface area contributed by atoms with Crippen LogP contribution in [0.2, 0.25) is 0 Å². The summed E-state index contributed by atoms with van der Waals surface area (Å²) in [6, 6.07) is 50.7. The first-order chi connectivity index (χ1) is 23.0. The summed E-state index contributed by atoms with van der Waals surface area (Å²) < 4.78 is 0.